The average Bonchev–Trinajstić information content (AvgIpc) is 3.52. The number of hydrogen-bond acceptors (Lipinski definition) is 4. The van der Waals surface area contributed by atoms with Crippen molar-refractivity contribution >= 4 is 164 Å². The van der Waals surface area contributed by atoms with Gasteiger partial charge in [0, 0.05) is 20.1 Å². The van der Waals surface area contributed by atoms with Crippen molar-refractivity contribution in [3.05, 3.63) is 54.3 Å². The van der Waals surface area contributed by atoms with Gasteiger partial charge in [-0.25, -0.2) is 0 Å². The highest BCUT2D eigenvalue weighted by Gasteiger charge is 2.26. The first-order valence-electron chi connectivity index (χ1n) is 12.1. The lowest BCUT2D eigenvalue weighted by Crippen LogP contribution is -2.37. The highest BCUT2D eigenvalue weighted by Crippen LogP contribution is 2.57. The molecule has 0 atom stereocenters. The topological polar surface area (TPSA) is 0 Å². The predicted octanol–water partition coefficient (Wildman–Crippen LogP) is 12.9. The van der Waals surface area contributed by atoms with Crippen LogP contribution in [-0.4, -0.2) is 16.1 Å². The van der Waals surface area contributed by atoms with Crippen LogP contribution in [-0.2, 0) is 0 Å². The predicted molar refractivity (Wildman–Crippen MR) is 198 cm³/mol. The highest BCUT2D eigenvalue weighted by molar-refractivity contribution is 9.11. The second-order valence-corrected chi connectivity index (χ2v) is 29.1. The van der Waals surface area contributed by atoms with Gasteiger partial charge in [0.05, 0.1) is 63.0 Å². The molecule has 38 heavy (non-hydrogen) atoms. The Balaban J connectivity index is 1.47. The normalized spacial score (nSPS) is 13.0. The van der Waals surface area contributed by atoms with E-state index in [1.54, 1.807) is 0 Å². The molecule has 196 valence electrons. The number of rotatable bonds is 4. The molecule has 0 spiro atoms. The van der Waals surface area contributed by atoms with E-state index < -0.39 is 16.1 Å². The van der Waals surface area contributed by atoms with Gasteiger partial charge in [0.2, 0.25) is 0 Å². The van der Waals surface area contributed by atoms with Crippen LogP contribution in [0.5, 0.6) is 0 Å². The first kappa shape index (κ1) is 28.5. The van der Waals surface area contributed by atoms with E-state index in [0.717, 1.165) is 0 Å². The van der Waals surface area contributed by atoms with Crippen molar-refractivity contribution in [2.24, 2.45) is 0 Å². The van der Waals surface area contributed by atoms with Gasteiger partial charge in [-0.2, -0.15) is 0 Å². The Kier molecular flexibility index (Phi) is 7.49. The van der Waals surface area contributed by atoms with E-state index in [0.29, 0.717) is 0 Å². The number of fused-ring (bicyclic) bond motifs is 5. The monoisotopic (exact) mass is 860 g/mol. The zero-order valence-electron chi connectivity index (χ0n) is 21.6. The van der Waals surface area contributed by atoms with Crippen LogP contribution >= 0.6 is 109 Å². The molecule has 0 saturated carbocycles. The van der Waals surface area contributed by atoms with E-state index in [1.807, 2.05) is 45.3 Å². The van der Waals surface area contributed by atoms with Gasteiger partial charge in [-0.05, 0) is 44.0 Å². The van der Waals surface area contributed by atoms with Crippen LogP contribution < -0.4 is 10.4 Å². The van der Waals surface area contributed by atoms with Gasteiger partial charge >= 0.3 is 0 Å². The van der Waals surface area contributed by atoms with E-state index in [2.05, 4.69) is 139 Å². The molecule has 0 radical (unpaired) electrons. The maximum absolute atomic E-state index is 4.00. The molecule has 0 fully saturated rings. The molecule has 0 aliphatic heterocycles. The Morgan fingerprint density at radius 1 is 0.474 bits per heavy atom. The van der Waals surface area contributed by atoms with Crippen molar-refractivity contribution in [1.82, 2.24) is 0 Å². The van der Waals surface area contributed by atoms with Gasteiger partial charge in [0.1, 0.15) is 0 Å². The van der Waals surface area contributed by atoms with Crippen LogP contribution in [0.3, 0.4) is 0 Å². The third kappa shape index (κ3) is 4.70. The molecule has 4 aromatic heterocycles. The Bertz CT molecular complexity index is 1760. The van der Waals surface area contributed by atoms with E-state index in [-0.39, 0.29) is 0 Å². The fourth-order valence-electron chi connectivity index (χ4n) is 4.55. The number of hydrogen-bond donors (Lipinski definition) is 0. The quantitative estimate of drug-likeness (QED) is 0.155. The molecular weight excluding hydrogens is 840 g/mol. The summed E-state index contributed by atoms with van der Waals surface area (Å²) in [7, 11) is -2.71. The fourth-order valence-corrected chi connectivity index (χ4v) is 16.5. The Morgan fingerprint density at radius 2 is 0.816 bits per heavy atom. The Morgan fingerprint density at radius 3 is 1.13 bits per heavy atom. The van der Waals surface area contributed by atoms with Crippen molar-refractivity contribution in [3.63, 3.8) is 0 Å². The summed E-state index contributed by atoms with van der Waals surface area (Å²) in [6.45, 7) is 14.4. The van der Waals surface area contributed by atoms with Crippen molar-refractivity contribution in [2.75, 3.05) is 0 Å². The molecule has 0 unspecified atom stereocenters. The molecule has 0 bridgehead atoms. The van der Waals surface area contributed by atoms with Gasteiger partial charge in [0.15, 0.2) is 0 Å². The van der Waals surface area contributed by atoms with Gasteiger partial charge in [0.25, 0.3) is 0 Å². The minimum absolute atomic E-state index is 1.19. The molecule has 0 amide bonds. The number of benzene rings is 2. The Hall–Kier alpha value is 0.374. The maximum atomic E-state index is 4.00. The summed E-state index contributed by atoms with van der Waals surface area (Å²) in [6.07, 6.45) is 0. The summed E-state index contributed by atoms with van der Waals surface area (Å²) in [5.74, 6) is 0. The molecule has 6 rings (SSSR count). The average molecular weight is 865 g/mol. The summed E-state index contributed by atoms with van der Waals surface area (Å²) in [5, 5.41) is 2.96. The van der Waals surface area contributed by atoms with Crippen LogP contribution in [0, 0.1) is 0 Å². The summed E-state index contributed by atoms with van der Waals surface area (Å²) >= 11 is 23.5. The maximum Gasteiger partial charge on any atom is 0.0776 e. The van der Waals surface area contributed by atoms with Gasteiger partial charge < -0.3 is 0 Å². The summed E-state index contributed by atoms with van der Waals surface area (Å²) in [4.78, 5) is 2.62. The smallest absolute Gasteiger partial charge is 0.0776 e. The molecule has 2 aromatic carbocycles. The van der Waals surface area contributed by atoms with Crippen molar-refractivity contribution in [2.45, 2.75) is 39.3 Å². The molecule has 0 aliphatic carbocycles. The minimum Gasteiger partial charge on any atom is -0.131 e. The lowest BCUT2D eigenvalue weighted by Gasteiger charge is -2.18. The fraction of sp³-hybridized carbons (Fsp3) is 0.214. The molecule has 0 N–H and O–H groups in total. The number of halogens is 4. The molecule has 0 aliphatic rings. The third-order valence-corrected chi connectivity index (χ3v) is 20.4. The lowest BCUT2D eigenvalue weighted by molar-refractivity contribution is 1.63. The first-order chi connectivity index (χ1) is 17.8. The van der Waals surface area contributed by atoms with E-state index in [4.69, 9.17) is 0 Å². The third-order valence-electron chi connectivity index (χ3n) is 6.80. The summed E-state index contributed by atoms with van der Waals surface area (Å²) in [5.41, 5.74) is 2.54. The van der Waals surface area contributed by atoms with Gasteiger partial charge in [-0.15, -0.1) is 45.3 Å². The molecule has 6 aromatic rings. The van der Waals surface area contributed by atoms with Crippen LogP contribution in [0.25, 0.3) is 49.1 Å². The first-order valence-corrected chi connectivity index (χ1v) is 25.6. The molecule has 10 heteroatoms. The summed E-state index contributed by atoms with van der Waals surface area (Å²) < 4.78 is 13.2. The second kappa shape index (κ2) is 9.98. The molecule has 0 saturated heterocycles. The van der Waals surface area contributed by atoms with Crippen LogP contribution in [0.15, 0.2) is 54.3 Å². The van der Waals surface area contributed by atoms with Crippen LogP contribution in [0.1, 0.15) is 0 Å². The lowest BCUT2D eigenvalue weighted by atomic mass is 10.2. The van der Waals surface area contributed by atoms with E-state index in [1.165, 1.54) is 77.3 Å². The van der Waals surface area contributed by atoms with Gasteiger partial charge in [-0.3, -0.25) is 0 Å². The highest BCUT2D eigenvalue weighted by atomic mass is 79.9. The zero-order valence-corrected chi connectivity index (χ0v) is 33.2. The van der Waals surface area contributed by atoms with Crippen molar-refractivity contribution in [3.8, 4) is 20.9 Å². The van der Waals surface area contributed by atoms with Gasteiger partial charge in [-0.1, -0.05) is 106 Å². The largest absolute Gasteiger partial charge is 0.131 e. The van der Waals surface area contributed by atoms with Crippen molar-refractivity contribution < 1.29 is 0 Å². The van der Waals surface area contributed by atoms with Crippen LogP contribution in [0.4, 0.5) is 0 Å². The van der Waals surface area contributed by atoms with Crippen molar-refractivity contribution in [1.29, 1.82) is 0 Å². The Labute approximate surface area is 275 Å². The van der Waals surface area contributed by atoms with E-state index in [9.17, 15) is 0 Å². The van der Waals surface area contributed by atoms with Crippen LogP contribution in [0.2, 0.25) is 39.3 Å². The zero-order chi connectivity index (χ0) is 27.3. The molecule has 0 nitrogen and oxygen atoms in total. The second-order valence-electron chi connectivity index (χ2n) is 11.6. The summed E-state index contributed by atoms with van der Waals surface area (Å²) in [6, 6.07) is 13.9. The van der Waals surface area contributed by atoms with E-state index >= 15 is 0 Å². The SMILES string of the molecule is C[Si](C)(C)c1ccc(-c2sc3c(sc4c5sc(-c6ccc([Si](C)(C)C)cc6Br)c(Br)c5sc34)c2Br)c(Br)c1. The standard InChI is InChI=1S/C28H24Br4S4Si2/c1-37(2,3)13-7-9-15(17(29)11-13)21-19(31)23-25(33-21)27-28(35-23)26-24(36-27)20(32)22(34-26)16-10-8-14(12-18(16)30)38(4,5)6/h7-12H,1-6H3. The molecule has 4 heterocycles. The number of thiophene rings is 4. The minimum atomic E-state index is -1.36. The molecular formula is C28H24Br4S4Si2.